The highest BCUT2D eigenvalue weighted by Gasteiger charge is 2.50. The van der Waals surface area contributed by atoms with Crippen LogP contribution in [0, 0.1) is 6.92 Å². The minimum absolute atomic E-state index is 0.0611. The molecule has 0 saturated heterocycles. The van der Waals surface area contributed by atoms with Gasteiger partial charge in [0.2, 0.25) is 0 Å². The molecule has 0 saturated carbocycles. The number of benzene rings is 9. The van der Waals surface area contributed by atoms with Gasteiger partial charge < -0.3 is 14.2 Å². The van der Waals surface area contributed by atoms with E-state index in [1.54, 1.807) is 0 Å². The first-order valence-corrected chi connectivity index (χ1v) is 27.2. The maximum absolute atomic E-state index is 7.24. The molecule has 368 valence electrons. The van der Waals surface area contributed by atoms with E-state index >= 15 is 0 Å². The molecule has 3 nitrogen and oxygen atoms in total. The molecule has 4 aliphatic rings. The fourth-order valence-electron chi connectivity index (χ4n) is 14.5. The average molecular weight is 973 g/mol. The van der Waals surface area contributed by atoms with Crippen LogP contribution in [0.15, 0.2) is 180 Å². The van der Waals surface area contributed by atoms with E-state index in [2.05, 4.69) is 269 Å². The van der Waals surface area contributed by atoms with Crippen LogP contribution >= 0.6 is 0 Å². The van der Waals surface area contributed by atoms with Gasteiger partial charge in [0.1, 0.15) is 5.58 Å². The Balaban J connectivity index is 1.12. The van der Waals surface area contributed by atoms with E-state index in [1.807, 2.05) is 0 Å². The van der Waals surface area contributed by atoms with Crippen molar-refractivity contribution >= 4 is 79.2 Å². The molecule has 2 aliphatic heterocycles. The van der Waals surface area contributed by atoms with Crippen LogP contribution in [-0.2, 0) is 27.1 Å². The maximum atomic E-state index is 7.24. The number of hydrogen-bond donors (Lipinski definition) is 0. The number of aryl methyl sites for hydroxylation is 1. The molecule has 0 bridgehead atoms. The number of anilines is 6. The number of fused-ring (bicyclic) bond motifs is 12. The Labute approximate surface area is 444 Å². The first-order valence-electron chi connectivity index (χ1n) is 27.2. The quantitative estimate of drug-likeness (QED) is 0.165. The summed E-state index contributed by atoms with van der Waals surface area (Å²) in [5.74, 6) is 0. The summed E-state index contributed by atoms with van der Waals surface area (Å²) in [5.41, 5.74) is 27.9. The average Bonchev–Trinajstić information content (AvgIpc) is 3.79. The third-order valence-corrected chi connectivity index (χ3v) is 18.5. The summed E-state index contributed by atoms with van der Waals surface area (Å²) >= 11 is 0. The zero-order valence-electron chi connectivity index (χ0n) is 45.6. The van der Waals surface area contributed by atoms with Gasteiger partial charge in [-0.1, -0.05) is 204 Å². The predicted molar refractivity (Wildman–Crippen MR) is 318 cm³/mol. The Hall–Kier alpha value is -7.56. The molecule has 10 aromatic rings. The summed E-state index contributed by atoms with van der Waals surface area (Å²) in [5, 5.41) is 2.26. The van der Waals surface area contributed by atoms with Gasteiger partial charge in [0.05, 0.1) is 11.4 Å². The van der Waals surface area contributed by atoms with Gasteiger partial charge >= 0.3 is 0 Å². The molecule has 0 radical (unpaired) electrons. The first-order chi connectivity index (χ1) is 35.8. The molecule has 0 atom stereocenters. The fourth-order valence-corrected chi connectivity index (χ4v) is 14.5. The number of furan rings is 1. The highest BCUT2D eigenvalue weighted by molar-refractivity contribution is 7.00. The largest absolute Gasteiger partial charge is 0.454 e. The van der Waals surface area contributed by atoms with E-state index in [9.17, 15) is 0 Å². The molecule has 0 fully saturated rings. The molecule has 9 aromatic carbocycles. The van der Waals surface area contributed by atoms with Gasteiger partial charge in [-0.25, -0.2) is 0 Å². The van der Waals surface area contributed by atoms with E-state index < -0.39 is 0 Å². The van der Waals surface area contributed by atoms with Crippen molar-refractivity contribution in [3.05, 3.63) is 232 Å². The zero-order valence-corrected chi connectivity index (χ0v) is 45.6. The van der Waals surface area contributed by atoms with Crippen LogP contribution in [-0.4, -0.2) is 6.71 Å². The Kier molecular flexibility index (Phi) is 9.38. The number of para-hydroxylation sites is 1. The zero-order chi connectivity index (χ0) is 51.9. The summed E-state index contributed by atoms with van der Waals surface area (Å²) in [6, 6.07) is 67.5. The van der Waals surface area contributed by atoms with Gasteiger partial charge in [-0.3, -0.25) is 0 Å². The third-order valence-electron chi connectivity index (χ3n) is 18.5. The molecule has 0 spiro atoms. The lowest BCUT2D eigenvalue weighted by molar-refractivity contribution is 0.520. The normalized spacial score (nSPS) is 16.9. The molecule has 0 amide bonds. The molecule has 4 heteroatoms. The topological polar surface area (TPSA) is 19.6 Å². The molecular formula is C71H65BN2O. The highest BCUT2D eigenvalue weighted by atomic mass is 16.3. The summed E-state index contributed by atoms with van der Waals surface area (Å²) in [4.78, 5) is 5.26. The highest BCUT2D eigenvalue weighted by Crippen LogP contribution is 2.56. The van der Waals surface area contributed by atoms with Crippen molar-refractivity contribution in [3.8, 4) is 11.1 Å². The van der Waals surface area contributed by atoms with Crippen molar-refractivity contribution in [1.29, 1.82) is 0 Å². The second-order valence-electron chi connectivity index (χ2n) is 25.4. The van der Waals surface area contributed by atoms with Gasteiger partial charge in [-0.15, -0.1) is 0 Å². The predicted octanol–water partition coefficient (Wildman–Crippen LogP) is 16.9. The lowest BCUT2D eigenvalue weighted by atomic mass is 9.33. The number of hydrogen-bond acceptors (Lipinski definition) is 3. The van der Waals surface area contributed by atoms with Crippen LogP contribution in [0.4, 0.5) is 34.1 Å². The Morgan fingerprint density at radius 2 is 0.973 bits per heavy atom. The van der Waals surface area contributed by atoms with Gasteiger partial charge in [-0.2, -0.15) is 0 Å². The Morgan fingerprint density at radius 1 is 0.427 bits per heavy atom. The molecule has 1 aromatic heterocycles. The van der Waals surface area contributed by atoms with Crippen LogP contribution in [0.1, 0.15) is 132 Å². The van der Waals surface area contributed by atoms with Crippen molar-refractivity contribution in [3.63, 3.8) is 0 Å². The molecule has 3 heterocycles. The first kappa shape index (κ1) is 46.0. The summed E-state index contributed by atoms with van der Waals surface area (Å²) in [6.45, 7) is 28.6. The van der Waals surface area contributed by atoms with Crippen LogP contribution in [0.25, 0.3) is 33.1 Å². The van der Waals surface area contributed by atoms with E-state index in [0.717, 1.165) is 33.3 Å². The minimum atomic E-state index is -0.252. The van der Waals surface area contributed by atoms with Gasteiger partial charge in [0, 0.05) is 60.7 Å². The van der Waals surface area contributed by atoms with Crippen molar-refractivity contribution in [2.75, 3.05) is 9.80 Å². The summed E-state index contributed by atoms with van der Waals surface area (Å²) in [7, 11) is 0. The Bertz CT molecular complexity index is 4090. The molecule has 0 N–H and O–H groups in total. The molecule has 75 heavy (non-hydrogen) atoms. The second-order valence-corrected chi connectivity index (χ2v) is 25.4. The summed E-state index contributed by atoms with van der Waals surface area (Å²) in [6.07, 6.45) is 0. The fraction of sp³-hybridized carbons (Fsp3) is 0.239. The van der Waals surface area contributed by atoms with Crippen LogP contribution in [0.2, 0.25) is 0 Å². The molecule has 0 unspecified atom stereocenters. The monoisotopic (exact) mass is 973 g/mol. The lowest BCUT2D eigenvalue weighted by Crippen LogP contribution is -2.62. The van der Waals surface area contributed by atoms with Crippen LogP contribution in [0.5, 0.6) is 0 Å². The van der Waals surface area contributed by atoms with Crippen LogP contribution in [0.3, 0.4) is 0 Å². The second kappa shape index (κ2) is 15.3. The third kappa shape index (κ3) is 6.23. The van der Waals surface area contributed by atoms with Crippen molar-refractivity contribution < 1.29 is 4.42 Å². The molecule has 14 rings (SSSR count). The van der Waals surface area contributed by atoms with Crippen molar-refractivity contribution in [2.24, 2.45) is 0 Å². The van der Waals surface area contributed by atoms with E-state index in [0.29, 0.717) is 0 Å². The number of rotatable bonds is 3. The summed E-state index contributed by atoms with van der Waals surface area (Å²) < 4.78 is 7.24. The van der Waals surface area contributed by atoms with Crippen molar-refractivity contribution in [1.82, 2.24) is 0 Å². The van der Waals surface area contributed by atoms with E-state index in [4.69, 9.17) is 4.42 Å². The maximum Gasteiger partial charge on any atom is 0.252 e. The smallest absolute Gasteiger partial charge is 0.252 e. The van der Waals surface area contributed by atoms with E-state index in [1.165, 1.54) is 106 Å². The van der Waals surface area contributed by atoms with Gasteiger partial charge in [0.25, 0.3) is 6.71 Å². The van der Waals surface area contributed by atoms with Gasteiger partial charge in [-0.05, 0) is 138 Å². The lowest BCUT2D eigenvalue weighted by Gasteiger charge is -2.48. The van der Waals surface area contributed by atoms with Crippen molar-refractivity contribution in [2.45, 2.75) is 110 Å². The van der Waals surface area contributed by atoms with Crippen LogP contribution < -0.4 is 26.2 Å². The number of nitrogens with zero attached hydrogens (tertiary/aromatic N) is 2. The standard InChI is InChI=1S/C71H65BN2O/c1-42-36-61-64-62(37-42)74(59-35-30-44(67(2,3)4)38-48(59)43-22-14-13-15-23-43)65-57(34-32-47-46-24-16-21-29-63(46)75-66(47)65)72(64)58-40-55-56(71(11,12)52-28-20-19-27-51(52)70(55,9)10)41-60(58)73(61)45-31-33-53-54(39-45)69(7,8)50-26-18-17-25-49(50)68(53,5)6/h13-41H,1-12H3. The van der Waals surface area contributed by atoms with E-state index in [-0.39, 0.29) is 33.8 Å². The SMILES string of the molecule is Cc1cc2c3c(c1)N(c1ccc(C(C)(C)C)cc1-c1ccccc1)c1c(ccc4c1oc1ccccc14)B3c1cc3c(cc1N2c1ccc2c(c1)C(C)(C)c1ccccc1C2(C)C)C(C)(C)c1ccccc1C3(C)C. The Morgan fingerprint density at radius 3 is 1.61 bits per heavy atom. The molecular weight excluding hydrogens is 908 g/mol. The minimum Gasteiger partial charge on any atom is -0.454 e. The molecule has 2 aliphatic carbocycles. The van der Waals surface area contributed by atoms with Gasteiger partial charge in [0.15, 0.2) is 5.58 Å².